The Labute approximate surface area is 171 Å². The van der Waals surface area contributed by atoms with Gasteiger partial charge in [0.05, 0.1) is 0 Å². The number of carbonyl (C=O) groups excluding carboxylic acids is 2. The second kappa shape index (κ2) is 22.7. The van der Waals surface area contributed by atoms with Crippen LogP contribution in [0, 0.1) is 5.92 Å². The van der Waals surface area contributed by atoms with E-state index in [0.717, 1.165) is 5.92 Å². The molecule has 0 aliphatic rings. The molecule has 0 bridgehead atoms. The van der Waals surface area contributed by atoms with E-state index >= 15 is 0 Å². The third kappa shape index (κ3) is 31.4. The molecule has 0 saturated heterocycles. The van der Waals surface area contributed by atoms with Gasteiger partial charge in [0, 0.05) is 12.4 Å². The Hall–Kier alpha value is -0.328. The van der Waals surface area contributed by atoms with Gasteiger partial charge in [-0.15, -0.1) is 0 Å². The minimum atomic E-state index is -1.31. The van der Waals surface area contributed by atoms with E-state index in [4.69, 9.17) is 0 Å². The number of carboxylic acids is 1. The van der Waals surface area contributed by atoms with Gasteiger partial charge in [0.15, 0.2) is 0 Å². The summed E-state index contributed by atoms with van der Waals surface area (Å²) in [6.07, 6.45) is 20.0. The summed E-state index contributed by atoms with van der Waals surface area (Å²) in [4.78, 5) is 19.3. The van der Waals surface area contributed by atoms with Gasteiger partial charge >= 0.3 is 92.2 Å². The molecule has 26 heavy (non-hydrogen) atoms. The summed E-state index contributed by atoms with van der Waals surface area (Å²) in [5, 5.41) is 10.8. The van der Waals surface area contributed by atoms with E-state index in [1.54, 1.807) is 0 Å². The van der Waals surface area contributed by atoms with E-state index in [1.165, 1.54) is 102 Å². The molecular formula is C22H42AlO3. The fourth-order valence-electron chi connectivity index (χ4n) is 2.84. The zero-order chi connectivity index (χ0) is 20.0. The summed E-state index contributed by atoms with van der Waals surface area (Å²) in [5.41, 5.74) is 0. The molecule has 0 fully saturated rings. The molecule has 151 valence electrons. The fourth-order valence-corrected chi connectivity index (χ4v) is 3.13. The monoisotopic (exact) mass is 381 g/mol. The number of rotatable bonds is 17. The van der Waals surface area contributed by atoms with Crippen LogP contribution < -0.4 is 5.11 Å². The number of hydrogen-bond acceptors (Lipinski definition) is 3. The number of Topliss-reactive ketones (excluding diaryl/α,β-unsaturated/α-hetero) is 1. The summed E-state index contributed by atoms with van der Waals surface area (Å²) in [7, 11) is 0. The first-order valence-corrected chi connectivity index (χ1v) is 11.6. The van der Waals surface area contributed by atoms with E-state index in [-0.39, 0.29) is 5.78 Å². The van der Waals surface area contributed by atoms with Crippen LogP contribution in [-0.4, -0.2) is 28.0 Å². The van der Waals surface area contributed by atoms with Crippen LogP contribution in [0.1, 0.15) is 117 Å². The molecule has 0 spiro atoms. The molecule has 3 nitrogen and oxygen atoms in total. The summed E-state index contributed by atoms with van der Waals surface area (Å²) < 4.78 is 0. The van der Waals surface area contributed by atoms with Crippen molar-refractivity contribution < 1.29 is 14.7 Å². The van der Waals surface area contributed by atoms with E-state index in [2.05, 4.69) is 30.1 Å². The van der Waals surface area contributed by atoms with Crippen LogP contribution in [0.2, 0.25) is 5.28 Å². The Bertz CT molecular complexity index is 305. The maximum absolute atomic E-state index is 9.83. The minimum absolute atomic E-state index is 0.375. The second-order valence-corrected chi connectivity index (χ2v) is 8.40. The molecule has 0 atom stereocenters. The van der Waals surface area contributed by atoms with Gasteiger partial charge in [0.2, 0.25) is 0 Å². The van der Waals surface area contributed by atoms with Crippen molar-refractivity contribution in [3.8, 4) is 0 Å². The first kappa shape index (κ1) is 27.9. The Morgan fingerprint density at radius 1 is 0.731 bits per heavy atom. The molecule has 0 N–H and O–H groups in total. The van der Waals surface area contributed by atoms with E-state index in [1.807, 2.05) is 0 Å². The van der Waals surface area contributed by atoms with Crippen LogP contribution in [-0.2, 0) is 9.59 Å². The Kier molecular flexibility index (Phi) is 24.4. The number of unbranched alkanes of at least 4 members (excludes halogenated alkanes) is 12. The van der Waals surface area contributed by atoms with Crippen molar-refractivity contribution in [2.24, 2.45) is 5.92 Å². The van der Waals surface area contributed by atoms with Crippen molar-refractivity contribution in [1.82, 2.24) is 0 Å². The molecule has 0 heterocycles. The summed E-state index contributed by atoms with van der Waals surface area (Å²) in [6.45, 7) is 5.87. The number of hydrogen-bond donors (Lipinski definition) is 0. The average molecular weight is 382 g/mol. The molecule has 0 saturated carbocycles. The first-order valence-electron chi connectivity index (χ1n) is 10.8. The molecule has 4 heteroatoms. The molecule has 1 radical (unpaired) electrons. The van der Waals surface area contributed by atoms with Crippen LogP contribution in [0.5, 0.6) is 0 Å². The third-order valence-corrected chi connectivity index (χ3v) is 4.79. The van der Waals surface area contributed by atoms with E-state index in [9.17, 15) is 14.7 Å². The molecule has 0 rings (SSSR count). The van der Waals surface area contributed by atoms with Crippen molar-refractivity contribution in [2.45, 2.75) is 122 Å². The third-order valence-electron chi connectivity index (χ3n) is 4.38. The molecule has 0 amide bonds. The van der Waals surface area contributed by atoms with Crippen LogP contribution in [0.3, 0.4) is 0 Å². The van der Waals surface area contributed by atoms with Gasteiger partial charge in [-0.2, -0.15) is 0 Å². The summed E-state index contributed by atoms with van der Waals surface area (Å²) >= 11 is 2.83. The predicted molar refractivity (Wildman–Crippen MR) is 110 cm³/mol. The topological polar surface area (TPSA) is 57.2 Å². The number of aliphatic carboxylic acids is 1. The molecule has 0 aliphatic carbocycles. The molecule has 0 aromatic rings. The maximum atomic E-state index is 9.83. The van der Waals surface area contributed by atoms with Crippen molar-refractivity contribution in [1.29, 1.82) is 0 Å². The van der Waals surface area contributed by atoms with Gasteiger partial charge in [-0.05, 0) is 12.8 Å². The summed E-state index contributed by atoms with van der Waals surface area (Å²) in [6, 6.07) is 0. The van der Waals surface area contributed by atoms with Gasteiger partial charge in [-0.25, -0.2) is 0 Å². The number of ketones is 1. The van der Waals surface area contributed by atoms with Gasteiger partial charge in [0.25, 0.3) is 0 Å². The van der Waals surface area contributed by atoms with Crippen LogP contribution in [0.4, 0.5) is 0 Å². The van der Waals surface area contributed by atoms with Crippen molar-refractivity contribution in [2.75, 3.05) is 0 Å². The van der Waals surface area contributed by atoms with Crippen LogP contribution >= 0.6 is 0 Å². The molecule has 0 unspecified atom stereocenters. The van der Waals surface area contributed by atoms with E-state index < -0.39 is 12.4 Å². The van der Waals surface area contributed by atoms with Gasteiger partial charge < -0.3 is 9.90 Å². The molecule has 0 aromatic heterocycles. The van der Waals surface area contributed by atoms with Gasteiger partial charge in [0.1, 0.15) is 5.78 Å². The van der Waals surface area contributed by atoms with Gasteiger partial charge in [-0.3, -0.25) is 4.79 Å². The fraction of sp³-hybridized carbons (Fsp3) is 0.909. The first-order chi connectivity index (χ1) is 12.4. The number of carbonyl (C=O) groups is 2. The van der Waals surface area contributed by atoms with Crippen molar-refractivity contribution in [3.05, 3.63) is 0 Å². The van der Waals surface area contributed by atoms with Crippen molar-refractivity contribution >= 4 is 28.0 Å². The Morgan fingerprint density at radius 3 is 1.31 bits per heavy atom. The van der Waals surface area contributed by atoms with Crippen LogP contribution in [0.15, 0.2) is 0 Å². The SMILES string of the molecule is CC(=O)CC(=O)[O-].CC(C)CCCCCCCCCCCCCC[CH2][Al+]. The quantitative estimate of drug-likeness (QED) is 0.192. The van der Waals surface area contributed by atoms with Crippen molar-refractivity contribution in [3.63, 3.8) is 0 Å². The zero-order valence-electron chi connectivity index (χ0n) is 17.7. The van der Waals surface area contributed by atoms with E-state index in [0.29, 0.717) is 0 Å². The normalized spacial score (nSPS) is 10.4. The number of carboxylic acid groups (broad SMARTS) is 1. The Balaban J connectivity index is 0. The Morgan fingerprint density at radius 2 is 1.08 bits per heavy atom. The molecular weight excluding hydrogens is 339 g/mol. The standard InChI is InChI=1S/C18H37.C4H6O3.Al/c1-4-5-6-7-8-9-10-11-12-13-14-15-16-17-18(2)3;1-3(5)2-4(6)7;/h18H,1,4-17H2,2-3H3;2H2,1H3,(H,6,7);/q;;+1/p-1. The second-order valence-electron chi connectivity index (χ2n) is 7.82. The van der Waals surface area contributed by atoms with Crippen LogP contribution in [0.25, 0.3) is 0 Å². The average Bonchev–Trinajstić information content (AvgIpc) is 2.54. The molecule has 0 aromatic carbocycles. The predicted octanol–water partition coefficient (Wildman–Crippen LogP) is 5.41. The summed E-state index contributed by atoms with van der Waals surface area (Å²) in [5.74, 6) is -0.788. The molecule has 0 aliphatic heterocycles. The zero-order valence-corrected chi connectivity index (χ0v) is 18.8. The van der Waals surface area contributed by atoms with Gasteiger partial charge in [-0.1, -0.05) is 33.1 Å².